The SMILES string of the molecule is O=C1NC(NC2CCCC2)=NC1c1ccc(OCc2ccc(Cl)cc2)cc1. The maximum atomic E-state index is 12.3. The van der Waals surface area contributed by atoms with Gasteiger partial charge in [0.2, 0.25) is 0 Å². The van der Waals surface area contributed by atoms with Gasteiger partial charge in [-0.25, -0.2) is 4.99 Å². The van der Waals surface area contributed by atoms with Gasteiger partial charge in [-0.05, 0) is 48.2 Å². The number of hydrogen-bond acceptors (Lipinski definition) is 4. The van der Waals surface area contributed by atoms with Crippen LogP contribution in [-0.2, 0) is 11.4 Å². The number of nitrogens with one attached hydrogen (secondary N) is 2. The second-order valence-electron chi connectivity index (χ2n) is 6.98. The molecule has 1 aliphatic heterocycles. The molecule has 2 aromatic carbocycles. The molecule has 27 heavy (non-hydrogen) atoms. The predicted molar refractivity (Wildman–Crippen MR) is 106 cm³/mol. The predicted octanol–water partition coefficient (Wildman–Crippen LogP) is 3.98. The molecule has 1 fully saturated rings. The number of carbonyl (C=O) groups excluding carboxylic acids is 1. The summed E-state index contributed by atoms with van der Waals surface area (Å²) < 4.78 is 5.79. The van der Waals surface area contributed by atoms with Crippen LogP contribution < -0.4 is 15.4 Å². The third kappa shape index (κ3) is 4.42. The molecule has 0 bridgehead atoms. The van der Waals surface area contributed by atoms with Crippen LogP contribution in [0.5, 0.6) is 5.75 Å². The number of guanidine groups is 1. The second kappa shape index (κ2) is 8.01. The van der Waals surface area contributed by atoms with Crippen LogP contribution in [0.3, 0.4) is 0 Å². The number of amides is 1. The maximum absolute atomic E-state index is 12.3. The lowest BCUT2D eigenvalue weighted by Crippen LogP contribution is -2.41. The zero-order valence-corrected chi connectivity index (χ0v) is 15.7. The van der Waals surface area contributed by atoms with Gasteiger partial charge in [-0.2, -0.15) is 0 Å². The topological polar surface area (TPSA) is 62.7 Å². The normalized spacial score (nSPS) is 19.7. The molecular formula is C21H22ClN3O2. The van der Waals surface area contributed by atoms with Crippen molar-refractivity contribution < 1.29 is 9.53 Å². The Balaban J connectivity index is 1.37. The smallest absolute Gasteiger partial charge is 0.256 e. The Morgan fingerprint density at radius 2 is 1.78 bits per heavy atom. The molecule has 1 unspecified atom stereocenters. The molecule has 6 heteroatoms. The molecule has 1 saturated carbocycles. The van der Waals surface area contributed by atoms with E-state index < -0.39 is 6.04 Å². The fourth-order valence-electron chi connectivity index (χ4n) is 3.46. The minimum Gasteiger partial charge on any atom is -0.489 e. The Bertz CT molecular complexity index is 828. The lowest BCUT2D eigenvalue weighted by molar-refractivity contribution is -0.120. The minimum atomic E-state index is -0.501. The van der Waals surface area contributed by atoms with Crippen LogP contribution >= 0.6 is 11.6 Å². The van der Waals surface area contributed by atoms with Crippen LogP contribution in [0.2, 0.25) is 5.02 Å². The molecule has 4 rings (SSSR count). The first kappa shape index (κ1) is 17.9. The van der Waals surface area contributed by atoms with Crippen LogP contribution in [0.25, 0.3) is 0 Å². The van der Waals surface area contributed by atoms with E-state index in [4.69, 9.17) is 16.3 Å². The quantitative estimate of drug-likeness (QED) is 0.820. The average Bonchev–Trinajstić information content (AvgIpc) is 3.32. The molecule has 0 aromatic heterocycles. The number of nitrogens with zero attached hydrogens (tertiary/aromatic N) is 1. The fraction of sp³-hybridized carbons (Fsp3) is 0.333. The Hall–Kier alpha value is -2.53. The van der Waals surface area contributed by atoms with Crippen molar-refractivity contribution in [2.75, 3.05) is 0 Å². The van der Waals surface area contributed by atoms with E-state index in [9.17, 15) is 4.79 Å². The second-order valence-corrected chi connectivity index (χ2v) is 7.42. The van der Waals surface area contributed by atoms with Gasteiger partial charge in [-0.3, -0.25) is 10.1 Å². The highest BCUT2D eigenvalue weighted by molar-refractivity contribution is 6.30. The highest BCUT2D eigenvalue weighted by atomic mass is 35.5. The number of hydrogen-bond donors (Lipinski definition) is 2. The number of benzene rings is 2. The standard InChI is InChI=1S/C21H22ClN3O2/c22-16-9-5-14(6-10-16)13-27-18-11-7-15(8-12-18)19-20(26)25-21(24-19)23-17-3-1-2-4-17/h5-12,17,19H,1-4,13H2,(H2,23,24,25,26). The van der Waals surface area contributed by atoms with E-state index in [1.54, 1.807) is 0 Å². The van der Waals surface area contributed by atoms with Gasteiger partial charge in [0, 0.05) is 11.1 Å². The fourth-order valence-corrected chi connectivity index (χ4v) is 3.59. The molecule has 2 aromatic rings. The summed E-state index contributed by atoms with van der Waals surface area (Å²) >= 11 is 5.89. The zero-order valence-electron chi connectivity index (χ0n) is 15.0. The van der Waals surface area contributed by atoms with Crippen molar-refractivity contribution in [1.82, 2.24) is 10.6 Å². The van der Waals surface area contributed by atoms with Gasteiger partial charge >= 0.3 is 0 Å². The van der Waals surface area contributed by atoms with E-state index in [-0.39, 0.29) is 5.91 Å². The number of rotatable bonds is 5. The van der Waals surface area contributed by atoms with Gasteiger partial charge in [0.1, 0.15) is 12.4 Å². The summed E-state index contributed by atoms with van der Waals surface area (Å²) in [4.78, 5) is 16.8. The van der Waals surface area contributed by atoms with Crippen LogP contribution in [-0.4, -0.2) is 17.9 Å². The van der Waals surface area contributed by atoms with Crippen molar-refractivity contribution in [1.29, 1.82) is 0 Å². The molecule has 1 heterocycles. The maximum Gasteiger partial charge on any atom is 0.256 e. The molecule has 0 spiro atoms. The zero-order chi connectivity index (χ0) is 18.6. The highest BCUT2D eigenvalue weighted by Crippen LogP contribution is 2.25. The highest BCUT2D eigenvalue weighted by Gasteiger charge is 2.29. The molecule has 5 nitrogen and oxygen atoms in total. The number of carbonyl (C=O) groups is 1. The van der Waals surface area contributed by atoms with Crippen molar-refractivity contribution in [3.05, 3.63) is 64.7 Å². The first-order valence-corrected chi connectivity index (χ1v) is 9.67. The summed E-state index contributed by atoms with van der Waals surface area (Å²) in [6.07, 6.45) is 4.75. The largest absolute Gasteiger partial charge is 0.489 e. The van der Waals surface area contributed by atoms with Gasteiger partial charge in [-0.1, -0.05) is 48.7 Å². The summed E-state index contributed by atoms with van der Waals surface area (Å²) in [5.41, 5.74) is 1.90. The summed E-state index contributed by atoms with van der Waals surface area (Å²) in [6.45, 7) is 0.466. The molecule has 1 aliphatic carbocycles. The lowest BCUT2D eigenvalue weighted by atomic mass is 10.1. The third-order valence-corrected chi connectivity index (χ3v) is 5.21. The summed E-state index contributed by atoms with van der Waals surface area (Å²) in [5, 5.41) is 6.91. The number of aliphatic imine (C=N–C) groups is 1. The lowest BCUT2D eigenvalue weighted by Gasteiger charge is -2.11. The Morgan fingerprint density at radius 3 is 2.48 bits per heavy atom. The van der Waals surface area contributed by atoms with E-state index in [0.717, 1.165) is 29.7 Å². The molecular weight excluding hydrogens is 362 g/mol. The van der Waals surface area contributed by atoms with Crippen LogP contribution in [0.1, 0.15) is 42.9 Å². The number of halogens is 1. The molecule has 140 valence electrons. The minimum absolute atomic E-state index is 0.0923. The van der Waals surface area contributed by atoms with Crippen molar-refractivity contribution in [2.24, 2.45) is 4.99 Å². The van der Waals surface area contributed by atoms with Gasteiger partial charge in [0.05, 0.1) is 0 Å². The summed E-state index contributed by atoms with van der Waals surface area (Å²) in [6, 6.07) is 15.0. The monoisotopic (exact) mass is 383 g/mol. The molecule has 2 N–H and O–H groups in total. The van der Waals surface area contributed by atoms with Gasteiger partial charge < -0.3 is 10.1 Å². The molecule has 2 aliphatic rings. The van der Waals surface area contributed by atoms with E-state index >= 15 is 0 Å². The summed E-state index contributed by atoms with van der Waals surface area (Å²) in [7, 11) is 0. The number of ether oxygens (including phenoxy) is 1. The van der Waals surface area contributed by atoms with E-state index in [1.165, 1.54) is 12.8 Å². The van der Waals surface area contributed by atoms with Gasteiger partial charge in [0.15, 0.2) is 12.0 Å². The van der Waals surface area contributed by atoms with Crippen molar-refractivity contribution in [2.45, 2.75) is 44.4 Å². The molecule has 0 radical (unpaired) electrons. The van der Waals surface area contributed by atoms with Gasteiger partial charge in [0.25, 0.3) is 5.91 Å². The Kier molecular flexibility index (Phi) is 5.30. The van der Waals surface area contributed by atoms with Crippen molar-refractivity contribution in [3.8, 4) is 5.75 Å². The Labute approximate surface area is 163 Å². The average molecular weight is 384 g/mol. The van der Waals surface area contributed by atoms with E-state index in [1.807, 2.05) is 48.5 Å². The Morgan fingerprint density at radius 1 is 1.07 bits per heavy atom. The van der Waals surface area contributed by atoms with Crippen molar-refractivity contribution >= 4 is 23.5 Å². The van der Waals surface area contributed by atoms with Gasteiger partial charge in [-0.15, -0.1) is 0 Å². The van der Waals surface area contributed by atoms with Crippen molar-refractivity contribution in [3.63, 3.8) is 0 Å². The molecule has 0 saturated heterocycles. The first-order chi connectivity index (χ1) is 13.2. The molecule has 1 atom stereocenters. The van der Waals surface area contributed by atoms with Crippen LogP contribution in [0, 0.1) is 0 Å². The molecule has 1 amide bonds. The van der Waals surface area contributed by atoms with E-state index in [0.29, 0.717) is 23.6 Å². The third-order valence-electron chi connectivity index (χ3n) is 4.96. The van der Waals surface area contributed by atoms with Crippen LogP contribution in [0.15, 0.2) is 53.5 Å². The van der Waals surface area contributed by atoms with E-state index in [2.05, 4.69) is 15.6 Å². The summed E-state index contributed by atoms with van der Waals surface area (Å²) in [5.74, 6) is 1.26. The first-order valence-electron chi connectivity index (χ1n) is 9.30. The van der Waals surface area contributed by atoms with Crippen LogP contribution in [0.4, 0.5) is 0 Å².